The third kappa shape index (κ3) is 3.00. The smallest absolute Gasteiger partial charge is 0.339 e. The molecule has 21 heavy (non-hydrogen) atoms. The molecule has 1 atom stereocenters. The third-order valence-corrected chi connectivity index (χ3v) is 3.70. The highest BCUT2D eigenvalue weighted by Gasteiger charge is 2.24. The van der Waals surface area contributed by atoms with Crippen molar-refractivity contribution in [2.75, 3.05) is 6.61 Å². The Morgan fingerprint density at radius 1 is 1.48 bits per heavy atom. The van der Waals surface area contributed by atoms with Crippen LogP contribution in [0.25, 0.3) is 0 Å². The van der Waals surface area contributed by atoms with E-state index in [0.717, 1.165) is 22.2 Å². The first-order chi connectivity index (χ1) is 10.1. The SMILES string of the molecule is O=C(O)c1ccncc1OCC1Cc2cc(Br)ccc2O1. The second kappa shape index (κ2) is 5.73. The molecule has 0 saturated heterocycles. The monoisotopic (exact) mass is 349 g/mol. The number of aromatic carboxylic acids is 1. The minimum atomic E-state index is -1.04. The minimum absolute atomic E-state index is 0.100. The maximum atomic E-state index is 11.1. The Hall–Kier alpha value is -2.08. The fourth-order valence-electron chi connectivity index (χ4n) is 2.24. The zero-order valence-electron chi connectivity index (χ0n) is 11.0. The summed E-state index contributed by atoms with van der Waals surface area (Å²) in [5.74, 6) is 0.0640. The topological polar surface area (TPSA) is 68.7 Å². The lowest BCUT2D eigenvalue weighted by molar-refractivity contribution is 0.0688. The number of halogens is 1. The maximum absolute atomic E-state index is 11.1. The summed E-state index contributed by atoms with van der Waals surface area (Å²) in [5, 5.41) is 9.09. The van der Waals surface area contributed by atoms with Crippen LogP contribution in [-0.4, -0.2) is 28.8 Å². The number of hydrogen-bond donors (Lipinski definition) is 1. The number of carbonyl (C=O) groups is 1. The Labute approximate surface area is 129 Å². The summed E-state index contributed by atoms with van der Waals surface area (Å²) in [6, 6.07) is 7.26. The van der Waals surface area contributed by atoms with E-state index in [9.17, 15) is 4.79 Å². The quantitative estimate of drug-likeness (QED) is 0.918. The average molecular weight is 350 g/mol. The van der Waals surface area contributed by atoms with E-state index in [2.05, 4.69) is 20.9 Å². The summed E-state index contributed by atoms with van der Waals surface area (Å²) >= 11 is 3.43. The summed E-state index contributed by atoms with van der Waals surface area (Å²) in [6.45, 7) is 0.276. The highest BCUT2D eigenvalue weighted by molar-refractivity contribution is 9.10. The van der Waals surface area contributed by atoms with Gasteiger partial charge in [-0.1, -0.05) is 15.9 Å². The lowest BCUT2D eigenvalue weighted by Crippen LogP contribution is -2.23. The summed E-state index contributed by atoms with van der Waals surface area (Å²) < 4.78 is 12.3. The van der Waals surface area contributed by atoms with Gasteiger partial charge in [0.25, 0.3) is 0 Å². The second-order valence-corrected chi connectivity index (χ2v) is 5.60. The molecule has 1 aromatic heterocycles. The van der Waals surface area contributed by atoms with Crippen LogP contribution in [0.5, 0.6) is 11.5 Å². The van der Waals surface area contributed by atoms with Crippen LogP contribution in [0.1, 0.15) is 15.9 Å². The van der Waals surface area contributed by atoms with Gasteiger partial charge < -0.3 is 14.6 Å². The van der Waals surface area contributed by atoms with E-state index in [-0.39, 0.29) is 24.0 Å². The van der Waals surface area contributed by atoms with E-state index in [1.807, 2.05) is 18.2 Å². The molecule has 0 radical (unpaired) electrons. The standard InChI is InChI=1S/C15H12BrNO4/c16-10-1-2-13-9(5-10)6-11(21-13)8-20-14-7-17-4-3-12(14)15(18)19/h1-5,7,11H,6,8H2,(H,18,19). The molecule has 2 aromatic rings. The van der Waals surface area contributed by atoms with E-state index in [1.165, 1.54) is 18.5 Å². The fraction of sp³-hybridized carbons (Fsp3) is 0.200. The van der Waals surface area contributed by atoms with Crippen molar-refractivity contribution in [3.05, 3.63) is 52.3 Å². The Morgan fingerprint density at radius 2 is 2.33 bits per heavy atom. The van der Waals surface area contributed by atoms with Crippen molar-refractivity contribution in [1.82, 2.24) is 4.98 Å². The van der Waals surface area contributed by atoms with Crippen LogP contribution in [0.3, 0.4) is 0 Å². The van der Waals surface area contributed by atoms with Crippen molar-refractivity contribution in [1.29, 1.82) is 0 Å². The lowest BCUT2D eigenvalue weighted by Gasteiger charge is -2.13. The molecule has 3 rings (SSSR count). The normalized spacial score (nSPS) is 16.1. The van der Waals surface area contributed by atoms with Gasteiger partial charge in [0, 0.05) is 17.1 Å². The van der Waals surface area contributed by atoms with Crippen molar-refractivity contribution in [2.24, 2.45) is 0 Å². The minimum Gasteiger partial charge on any atom is -0.487 e. The van der Waals surface area contributed by atoms with Crippen LogP contribution in [0, 0.1) is 0 Å². The van der Waals surface area contributed by atoms with Gasteiger partial charge in [-0.2, -0.15) is 0 Å². The second-order valence-electron chi connectivity index (χ2n) is 4.68. The Balaban J connectivity index is 1.67. The largest absolute Gasteiger partial charge is 0.487 e. The molecule has 6 heteroatoms. The molecule has 1 unspecified atom stereocenters. The molecule has 0 saturated carbocycles. The Kier molecular flexibility index (Phi) is 3.79. The first kappa shape index (κ1) is 13.9. The van der Waals surface area contributed by atoms with Crippen LogP contribution in [-0.2, 0) is 6.42 Å². The van der Waals surface area contributed by atoms with Crippen LogP contribution >= 0.6 is 15.9 Å². The number of rotatable bonds is 4. The number of hydrogen-bond acceptors (Lipinski definition) is 4. The van der Waals surface area contributed by atoms with Gasteiger partial charge in [0.15, 0.2) is 5.75 Å². The molecule has 1 aliphatic heterocycles. The van der Waals surface area contributed by atoms with E-state index in [1.54, 1.807) is 0 Å². The lowest BCUT2D eigenvalue weighted by atomic mass is 10.1. The van der Waals surface area contributed by atoms with Gasteiger partial charge in [-0.25, -0.2) is 4.79 Å². The Bertz CT molecular complexity index is 689. The van der Waals surface area contributed by atoms with Crippen LogP contribution in [0.4, 0.5) is 0 Å². The van der Waals surface area contributed by atoms with Crippen LogP contribution < -0.4 is 9.47 Å². The highest BCUT2D eigenvalue weighted by atomic mass is 79.9. The van der Waals surface area contributed by atoms with Gasteiger partial charge in [0.1, 0.15) is 24.0 Å². The van der Waals surface area contributed by atoms with Gasteiger partial charge in [0.05, 0.1) is 6.20 Å². The zero-order valence-corrected chi connectivity index (χ0v) is 12.5. The van der Waals surface area contributed by atoms with Crippen molar-refractivity contribution in [2.45, 2.75) is 12.5 Å². The molecule has 108 valence electrons. The van der Waals surface area contributed by atoms with Crippen molar-refractivity contribution < 1.29 is 19.4 Å². The number of carboxylic acids is 1. The maximum Gasteiger partial charge on any atom is 0.339 e. The number of nitrogens with zero attached hydrogens (tertiary/aromatic N) is 1. The number of ether oxygens (including phenoxy) is 2. The number of fused-ring (bicyclic) bond motifs is 1. The first-order valence-electron chi connectivity index (χ1n) is 6.38. The molecule has 0 aliphatic carbocycles. The zero-order chi connectivity index (χ0) is 14.8. The number of benzene rings is 1. The van der Waals surface area contributed by atoms with Crippen LogP contribution in [0.15, 0.2) is 41.1 Å². The molecule has 1 aromatic carbocycles. The molecule has 1 aliphatic rings. The molecule has 0 fully saturated rings. The van der Waals surface area contributed by atoms with E-state index >= 15 is 0 Å². The molecular weight excluding hydrogens is 338 g/mol. The molecule has 2 heterocycles. The predicted molar refractivity (Wildman–Crippen MR) is 79.0 cm³/mol. The van der Waals surface area contributed by atoms with Gasteiger partial charge in [-0.15, -0.1) is 0 Å². The predicted octanol–water partition coefficient (Wildman–Crippen LogP) is 2.92. The molecule has 0 bridgehead atoms. The highest BCUT2D eigenvalue weighted by Crippen LogP contribution is 2.31. The summed E-state index contributed by atoms with van der Waals surface area (Å²) in [4.78, 5) is 15.0. The van der Waals surface area contributed by atoms with Crippen molar-refractivity contribution >= 4 is 21.9 Å². The summed E-state index contributed by atoms with van der Waals surface area (Å²) in [6.07, 6.45) is 3.44. The van der Waals surface area contributed by atoms with E-state index < -0.39 is 5.97 Å². The molecule has 0 spiro atoms. The fourth-order valence-corrected chi connectivity index (χ4v) is 2.64. The van der Waals surface area contributed by atoms with Gasteiger partial charge in [-0.3, -0.25) is 4.98 Å². The van der Waals surface area contributed by atoms with Gasteiger partial charge in [-0.05, 0) is 29.8 Å². The molecule has 5 nitrogen and oxygen atoms in total. The summed E-state index contributed by atoms with van der Waals surface area (Å²) in [5.41, 5.74) is 1.21. The third-order valence-electron chi connectivity index (χ3n) is 3.20. The van der Waals surface area contributed by atoms with Crippen molar-refractivity contribution in [3.8, 4) is 11.5 Å². The number of aromatic nitrogens is 1. The molecule has 1 N–H and O–H groups in total. The van der Waals surface area contributed by atoms with Gasteiger partial charge in [0.2, 0.25) is 0 Å². The van der Waals surface area contributed by atoms with Crippen molar-refractivity contribution in [3.63, 3.8) is 0 Å². The molecule has 0 amide bonds. The summed E-state index contributed by atoms with van der Waals surface area (Å²) in [7, 11) is 0. The van der Waals surface area contributed by atoms with Gasteiger partial charge >= 0.3 is 5.97 Å². The Morgan fingerprint density at radius 3 is 3.14 bits per heavy atom. The first-order valence-corrected chi connectivity index (χ1v) is 7.18. The van der Waals surface area contributed by atoms with E-state index in [0.29, 0.717) is 0 Å². The number of carboxylic acid groups (broad SMARTS) is 1. The van der Waals surface area contributed by atoms with E-state index in [4.69, 9.17) is 14.6 Å². The average Bonchev–Trinajstić information content (AvgIpc) is 2.87. The van der Waals surface area contributed by atoms with Crippen LogP contribution in [0.2, 0.25) is 0 Å². The number of pyridine rings is 1. The molecular formula is C15H12BrNO4.